The monoisotopic (exact) mass is 320 g/mol. The summed E-state index contributed by atoms with van der Waals surface area (Å²) in [7, 11) is 0. The number of hydrogen-bond acceptors (Lipinski definition) is 4. The van der Waals surface area contributed by atoms with Crippen molar-refractivity contribution in [2.75, 3.05) is 11.9 Å². The SMILES string of the molecule is CC(O)CNC(C)CC(=O)Nc1ccc(OC(F)(F)F)cc1. The third-order valence-electron chi connectivity index (χ3n) is 2.62. The van der Waals surface area contributed by atoms with Gasteiger partial charge in [0.25, 0.3) is 0 Å². The molecule has 3 N–H and O–H groups in total. The van der Waals surface area contributed by atoms with E-state index in [0.717, 1.165) is 12.1 Å². The van der Waals surface area contributed by atoms with Crippen molar-refractivity contribution in [2.45, 2.75) is 38.8 Å². The van der Waals surface area contributed by atoms with Crippen LogP contribution in [0.2, 0.25) is 0 Å². The van der Waals surface area contributed by atoms with Crippen LogP contribution in [-0.2, 0) is 4.79 Å². The van der Waals surface area contributed by atoms with Gasteiger partial charge in [-0.1, -0.05) is 0 Å². The number of benzene rings is 1. The lowest BCUT2D eigenvalue weighted by atomic mass is 10.2. The van der Waals surface area contributed by atoms with Gasteiger partial charge in [-0.2, -0.15) is 0 Å². The van der Waals surface area contributed by atoms with Crippen molar-refractivity contribution in [1.82, 2.24) is 5.32 Å². The van der Waals surface area contributed by atoms with Gasteiger partial charge in [0.2, 0.25) is 5.91 Å². The minimum absolute atomic E-state index is 0.137. The molecule has 0 heterocycles. The zero-order valence-electron chi connectivity index (χ0n) is 12.3. The minimum atomic E-state index is -4.74. The van der Waals surface area contributed by atoms with Crippen molar-refractivity contribution < 1.29 is 27.8 Å². The van der Waals surface area contributed by atoms with Crippen LogP contribution >= 0.6 is 0 Å². The molecule has 1 rings (SSSR count). The van der Waals surface area contributed by atoms with Gasteiger partial charge in [-0.05, 0) is 38.1 Å². The summed E-state index contributed by atoms with van der Waals surface area (Å²) in [5, 5.41) is 14.7. The summed E-state index contributed by atoms with van der Waals surface area (Å²) < 4.78 is 39.8. The first-order chi connectivity index (χ1) is 10.2. The summed E-state index contributed by atoms with van der Waals surface area (Å²) in [6, 6.07) is 4.76. The van der Waals surface area contributed by atoms with Gasteiger partial charge in [-0.15, -0.1) is 13.2 Å². The number of nitrogens with one attached hydrogen (secondary N) is 2. The zero-order valence-corrected chi connectivity index (χ0v) is 12.3. The smallest absolute Gasteiger partial charge is 0.406 e. The van der Waals surface area contributed by atoms with Crippen molar-refractivity contribution in [3.05, 3.63) is 24.3 Å². The summed E-state index contributed by atoms with van der Waals surface area (Å²) in [5.41, 5.74) is 0.377. The predicted octanol–water partition coefficient (Wildman–Crippen LogP) is 2.27. The molecular formula is C14H19F3N2O3. The van der Waals surface area contributed by atoms with Crippen LogP contribution < -0.4 is 15.4 Å². The molecule has 0 aliphatic heterocycles. The third-order valence-corrected chi connectivity index (χ3v) is 2.62. The number of aliphatic hydroxyl groups is 1. The molecule has 22 heavy (non-hydrogen) atoms. The molecule has 0 spiro atoms. The molecule has 5 nitrogen and oxygen atoms in total. The molecule has 2 atom stereocenters. The van der Waals surface area contributed by atoms with Crippen molar-refractivity contribution in [3.63, 3.8) is 0 Å². The van der Waals surface area contributed by atoms with Crippen LogP contribution in [0.4, 0.5) is 18.9 Å². The molecule has 0 aliphatic rings. The Balaban J connectivity index is 2.44. The number of amides is 1. The number of ether oxygens (including phenoxy) is 1. The van der Waals surface area contributed by atoms with Gasteiger partial charge in [-0.25, -0.2) is 0 Å². The van der Waals surface area contributed by atoms with E-state index >= 15 is 0 Å². The Morgan fingerprint density at radius 3 is 2.36 bits per heavy atom. The average Bonchev–Trinajstić information content (AvgIpc) is 2.37. The van der Waals surface area contributed by atoms with Crippen molar-refractivity contribution in [3.8, 4) is 5.75 Å². The van der Waals surface area contributed by atoms with Gasteiger partial charge in [0.05, 0.1) is 6.10 Å². The molecule has 0 saturated heterocycles. The van der Waals surface area contributed by atoms with E-state index in [1.54, 1.807) is 13.8 Å². The molecule has 124 valence electrons. The van der Waals surface area contributed by atoms with Crippen molar-refractivity contribution in [1.29, 1.82) is 0 Å². The van der Waals surface area contributed by atoms with Gasteiger partial charge in [0, 0.05) is 24.7 Å². The highest BCUT2D eigenvalue weighted by Crippen LogP contribution is 2.23. The summed E-state index contributed by atoms with van der Waals surface area (Å²) in [6.07, 6.45) is -5.07. The van der Waals surface area contributed by atoms with Crippen LogP contribution in [-0.4, -0.2) is 36.1 Å². The molecular weight excluding hydrogens is 301 g/mol. The molecule has 0 radical (unpaired) electrons. The molecule has 0 aromatic heterocycles. The maximum absolute atomic E-state index is 12.0. The molecule has 0 saturated carbocycles. The lowest BCUT2D eigenvalue weighted by Crippen LogP contribution is -2.35. The van der Waals surface area contributed by atoms with Crippen molar-refractivity contribution in [2.24, 2.45) is 0 Å². The highest BCUT2D eigenvalue weighted by atomic mass is 19.4. The molecule has 0 bridgehead atoms. The first-order valence-corrected chi connectivity index (χ1v) is 6.73. The van der Waals surface area contributed by atoms with Gasteiger partial charge in [-0.3, -0.25) is 4.79 Å². The fourth-order valence-corrected chi connectivity index (χ4v) is 1.67. The second-order valence-corrected chi connectivity index (χ2v) is 4.98. The van der Waals surface area contributed by atoms with E-state index in [1.807, 2.05) is 0 Å². The fraction of sp³-hybridized carbons (Fsp3) is 0.500. The van der Waals surface area contributed by atoms with E-state index in [1.165, 1.54) is 12.1 Å². The lowest BCUT2D eigenvalue weighted by molar-refractivity contribution is -0.274. The van der Waals surface area contributed by atoms with Gasteiger partial charge < -0.3 is 20.5 Å². The van der Waals surface area contributed by atoms with E-state index in [0.29, 0.717) is 12.2 Å². The Morgan fingerprint density at radius 1 is 1.27 bits per heavy atom. The normalized spacial score (nSPS) is 14.3. The van der Waals surface area contributed by atoms with Crippen LogP contribution in [0.3, 0.4) is 0 Å². The van der Waals surface area contributed by atoms with Gasteiger partial charge in [0.15, 0.2) is 0 Å². The van der Waals surface area contributed by atoms with Gasteiger partial charge in [0.1, 0.15) is 5.75 Å². The summed E-state index contributed by atoms with van der Waals surface area (Å²) in [5.74, 6) is -0.632. The predicted molar refractivity (Wildman–Crippen MR) is 75.5 cm³/mol. The number of aliphatic hydroxyl groups excluding tert-OH is 1. The average molecular weight is 320 g/mol. The molecule has 0 fully saturated rings. The fourth-order valence-electron chi connectivity index (χ4n) is 1.67. The number of alkyl halides is 3. The summed E-state index contributed by atoms with van der Waals surface area (Å²) in [6.45, 7) is 3.80. The molecule has 1 aromatic rings. The third kappa shape index (κ3) is 7.84. The topological polar surface area (TPSA) is 70.6 Å². The zero-order chi connectivity index (χ0) is 16.8. The molecule has 0 aliphatic carbocycles. The molecule has 2 unspecified atom stereocenters. The van der Waals surface area contributed by atoms with E-state index in [-0.39, 0.29) is 24.1 Å². The Morgan fingerprint density at radius 2 is 1.86 bits per heavy atom. The molecule has 8 heteroatoms. The van der Waals surface area contributed by atoms with Gasteiger partial charge >= 0.3 is 6.36 Å². The van der Waals surface area contributed by atoms with E-state index in [2.05, 4.69) is 15.4 Å². The minimum Gasteiger partial charge on any atom is -0.406 e. The largest absolute Gasteiger partial charge is 0.573 e. The first-order valence-electron chi connectivity index (χ1n) is 6.73. The Hall–Kier alpha value is -1.80. The quantitative estimate of drug-likeness (QED) is 0.721. The van der Waals surface area contributed by atoms with Crippen LogP contribution in [0.5, 0.6) is 5.75 Å². The maximum Gasteiger partial charge on any atom is 0.573 e. The molecule has 1 aromatic carbocycles. The Bertz CT molecular complexity index is 475. The number of rotatable bonds is 7. The number of carbonyl (C=O) groups is 1. The Labute approximate surface area is 126 Å². The van der Waals surface area contributed by atoms with Crippen LogP contribution in [0.15, 0.2) is 24.3 Å². The number of hydrogen-bond donors (Lipinski definition) is 3. The summed E-state index contributed by atoms with van der Waals surface area (Å²) >= 11 is 0. The number of halogens is 3. The van der Waals surface area contributed by atoms with E-state index < -0.39 is 12.5 Å². The highest BCUT2D eigenvalue weighted by Gasteiger charge is 2.30. The summed E-state index contributed by atoms with van der Waals surface area (Å²) in [4.78, 5) is 11.8. The second kappa shape index (κ2) is 8.00. The van der Waals surface area contributed by atoms with E-state index in [4.69, 9.17) is 5.11 Å². The standard InChI is InChI=1S/C14H19F3N2O3/c1-9(18-8-10(2)20)7-13(21)19-11-3-5-12(6-4-11)22-14(15,16)17/h3-6,9-10,18,20H,7-8H2,1-2H3,(H,19,21). The first kappa shape index (κ1) is 18.2. The van der Waals surface area contributed by atoms with Crippen LogP contribution in [0.1, 0.15) is 20.3 Å². The van der Waals surface area contributed by atoms with Crippen molar-refractivity contribution >= 4 is 11.6 Å². The Kier molecular flexibility index (Phi) is 6.63. The number of carbonyl (C=O) groups excluding carboxylic acids is 1. The second-order valence-electron chi connectivity index (χ2n) is 4.98. The molecule has 1 amide bonds. The van der Waals surface area contributed by atoms with E-state index in [9.17, 15) is 18.0 Å². The number of anilines is 1. The maximum atomic E-state index is 12.0. The van der Waals surface area contributed by atoms with Crippen LogP contribution in [0.25, 0.3) is 0 Å². The lowest BCUT2D eigenvalue weighted by Gasteiger charge is -2.15. The highest BCUT2D eigenvalue weighted by molar-refractivity contribution is 5.91. The van der Waals surface area contributed by atoms with Crippen LogP contribution in [0, 0.1) is 0 Å².